The van der Waals surface area contributed by atoms with Crippen molar-refractivity contribution in [3.05, 3.63) is 22.4 Å². The van der Waals surface area contributed by atoms with Crippen molar-refractivity contribution in [3.8, 4) is 0 Å². The maximum atomic E-state index is 5.61. The lowest BCUT2D eigenvalue weighted by Gasteiger charge is -2.21. The largest absolute Gasteiger partial charge is 0.271 e. The first kappa shape index (κ1) is 10.5. The summed E-state index contributed by atoms with van der Waals surface area (Å²) in [5.74, 6) is 6.91. The lowest BCUT2D eigenvalue weighted by Crippen LogP contribution is -2.43. The highest BCUT2D eigenvalue weighted by Gasteiger charge is 2.24. The fourth-order valence-electron chi connectivity index (χ4n) is 1.86. The van der Waals surface area contributed by atoms with Crippen molar-refractivity contribution < 1.29 is 0 Å². The van der Waals surface area contributed by atoms with Crippen molar-refractivity contribution in [1.29, 1.82) is 0 Å². The van der Waals surface area contributed by atoms with E-state index in [0.717, 1.165) is 6.42 Å². The average molecular weight is 228 g/mol. The second kappa shape index (κ2) is 5.16. The second-order valence-corrected chi connectivity index (χ2v) is 5.99. The molecule has 0 saturated carbocycles. The molecule has 3 N–H and O–H groups in total. The van der Waals surface area contributed by atoms with Crippen molar-refractivity contribution in [2.24, 2.45) is 5.84 Å². The molecule has 1 aliphatic heterocycles. The van der Waals surface area contributed by atoms with Crippen LogP contribution >= 0.6 is 23.1 Å². The fourth-order valence-corrected chi connectivity index (χ4v) is 4.00. The van der Waals surface area contributed by atoms with Crippen LogP contribution in [0.2, 0.25) is 0 Å². The van der Waals surface area contributed by atoms with E-state index in [1.807, 2.05) is 11.3 Å². The van der Waals surface area contributed by atoms with E-state index in [4.69, 9.17) is 5.84 Å². The highest BCUT2D eigenvalue weighted by atomic mass is 32.2. The van der Waals surface area contributed by atoms with Crippen LogP contribution in [0.3, 0.4) is 0 Å². The fraction of sp³-hybridized carbons (Fsp3) is 0.600. The summed E-state index contributed by atoms with van der Waals surface area (Å²) in [7, 11) is 0. The average Bonchev–Trinajstić information content (AvgIpc) is 2.86. The van der Waals surface area contributed by atoms with Gasteiger partial charge in [0.15, 0.2) is 0 Å². The maximum Gasteiger partial charge on any atom is 0.0377 e. The molecule has 2 atom stereocenters. The Labute approximate surface area is 93.2 Å². The van der Waals surface area contributed by atoms with Gasteiger partial charge in [0.1, 0.15) is 0 Å². The van der Waals surface area contributed by atoms with Crippen LogP contribution in [-0.4, -0.2) is 17.0 Å². The van der Waals surface area contributed by atoms with Crippen LogP contribution in [0.25, 0.3) is 0 Å². The zero-order chi connectivity index (χ0) is 9.80. The molecule has 78 valence electrons. The van der Waals surface area contributed by atoms with Gasteiger partial charge in [-0.15, -0.1) is 11.3 Å². The van der Waals surface area contributed by atoms with E-state index in [-0.39, 0.29) is 0 Å². The third-order valence-corrected chi connectivity index (χ3v) is 5.04. The van der Waals surface area contributed by atoms with Crippen LogP contribution in [0, 0.1) is 0 Å². The van der Waals surface area contributed by atoms with Crippen LogP contribution in [0.1, 0.15) is 17.7 Å². The van der Waals surface area contributed by atoms with Gasteiger partial charge in [0, 0.05) is 16.2 Å². The molecule has 1 aromatic rings. The molecule has 0 spiro atoms. The number of thiophene rings is 1. The minimum Gasteiger partial charge on any atom is -0.271 e. The maximum absolute atomic E-state index is 5.61. The molecule has 0 bridgehead atoms. The molecule has 1 saturated heterocycles. The molecule has 2 unspecified atom stereocenters. The molecule has 1 fully saturated rings. The standard InChI is InChI=1S/C10H16N2S2/c11-12-9(10-4-2-6-14-10)7-8-3-1-5-13-8/h1,3,5,9-10,12H,2,4,6-7,11H2. The normalized spacial score (nSPS) is 23.9. The Bertz CT molecular complexity index is 255. The summed E-state index contributed by atoms with van der Waals surface area (Å²) in [6, 6.07) is 4.74. The molecule has 2 heterocycles. The minimum absolute atomic E-state index is 0.446. The number of hydrogen-bond acceptors (Lipinski definition) is 4. The van der Waals surface area contributed by atoms with E-state index < -0.39 is 0 Å². The van der Waals surface area contributed by atoms with Crippen molar-refractivity contribution in [2.45, 2.75) is 30.6 Å². The second-order valence-electron chi connectivity index (χ2n) is 3.61. The third-order valence-electron chi connectivity index (χ3n) is 2.63. The highest BCUT2D eigenvalue weighted by Crippen LogP contribution is 2.30. The molecular formula is C10H16N2S2. The van der Waals surface area contributed by atoms with Gasteiger partial charge in [-0.1, -0.05) is 6.07 Å². The quantitative estimate of drug-likeness (QED) is 0.611. The summed E-state index contributed by atoms with van der Waals surface area (Å²) in [5.41, 5.74) is 2.97. The number of hydrazine groups is 1. The van der Waals surface area contributed by atoms with E-state index in [2.05, 4.69) is 34.7 Å². The van der Waals surface area contributed by atoms with Gasteiger partial charge in [-0.05, 0) is 36.5 Å². The molecule has 0 radical (unpaired) electrons. The molecule has 0 amide bonds. The summed E-state index contributed by atoms with van der Waals surface area (Å²) in [5, 5.41) is 2.84. The SMILES string of the molecule is NNC(Cc1cccs1)C1CCCS1. The van der Waals surface area contributed by atoms with Gasteiger partial charge in [0.25, 0.3) is 0 Å². The highest BCUT2D eigenvalue weighted by molar-refractivity contribution is 8.00. The topological polar surface area (TPSA) is 38.0 Å². The number of nitrogens with one attached hydrogen (secondary N) is 1. The van der Waals surface area contributed by atoms with Crippen molar-refractivity contribution in [3.63, 3.8) is 0 Å². The Kier molecular flexibility index (Phi) is 3.87. The van der Waals surface area contributed by atoms with Gasteiger partial charge < -0.3 is 0 Å². The van der Waals surface area contributed by atoms with Gasteiger partial charge in [-0.3, -0.25) is 11.3 Å². The lowest BCUT2D eigenvalue weighted by molar-refractivity contribution is 0.498. The Balaban J connectivity index is 1.92. The first-order valence-electron chi connectivity index (χ1n) is 5.00. The van der Waals surface area contributed by atoms with Gasteiger partial charge in [-0.2, -0.15) is 11.8 Å². The monoisotopic (exact) mass is 228 g/mol. The van der Waals surface area contributed by atoms with Gasteiger partial charge in [0.05, 0.1) is 0 Å². The molecule has 2 nitrogen and oxygen atoms in total. The summed E-state index contributed by atoms with van der Waals surface area (Å²) in [6.07, 6.45) is 3.73. The Morgan fingerprint density at radius 3 is 3.14 bits per heavy atom. The van der Waals surface area contributed by atoms with Gasteiger partial charge in [-0.25, -0.2) is 0 Å². The van der Waals surface area contributed by atoms with E-state index >= 15 is 0 Å². The summed E-state index contributed by atoms with van der Waals surface area (Å²) >= 11 is 3.88. The third kappa shape index (κ3) is 2.51. The van der Waals surface area contributed by atoms with Crippen molar-refractivity contribution >= 4 is 23.1 Å². The van der Waals surface area contributed by atoms with Crippen LogP contribution in [0.5, 0.6) is 0 Å². The van der Waals surface area contributed by atoms with Crippen molar-refractivity contribution in [1.82, 2.24) is 5.43 Å². The van der Waals surface area contributed by atoms with Gasteiger partial charge >= 0.3 is 0 Å². The first-order valence-corrected chi connectivity index (χ1v) is 6.93. The van der Waals surface area contributed by atoms with Crippen LogP contribution in [0.4, 0.5) is 0 Å². The Morgan fingerprint density at radius 2 is 2.57 bits per heavy atom. The first-order chi connectivity index (χ1) is 6.90. The zero-order valence-electron chi connectivity index (χ0n) is 8.11. The molecule has 4 heteroatoms. The molecular weight excluding hydrogens is 212 g/mol. The smallest absolute Gasteiger partial charge is 0.0377 e. The van der Waals surface area contributed by atoms with E-state index in [1.165, 1.54) is 23.5 Å². The Morgan fingerprint density at radius 1 is 1.64 bits per heavy atom. The predicted molar refractivity (Wildman–Crippen MR) is 64.6 cm³/mol. The summed E-state index contributed by atoms with van der Waals surface area (Å²) < 4.78 is 0. The predicted octanol–water partition coefficient (Wildman–Crippen LogP) is 2.02. The van der Waals surface area contributed by atoms with E-state index in [9.17, 15) is 0 Å². The molecule has 1 aliphatic rings. The van der Waals surface area contributed by atoms with Crippen LogP contribution in [-0.2, 0) is 6.42 Å². The van der Waals surface area contributed by atoms with Crippen molar-refractivity contribution in [2.75, 3.05) is 5.75 Å². The van der Waals surface area contributed by atoms with Gasteiger partial charge in [0.2, 0.25) is 0 Å². The Hall–Kier alpha value is -0.0300. The number of rotatable bonds is 4. The molecule has 14 heavy (non-hydrogen) atoms. The molecule has 2 rings (SSSR count). The summed E-state index contributed by atoms with van der Waals surface area (Å²) in [4.78, 5) is 1.43. The molecule has 1 aromatic heterocycles. The number of nitrogens with two attached hydrogens (primary N) is 1. The van der Waals surface area contributed by atoms with Crippen LogP contribution < -0.4 is 11.3 Å². The lowest BCUT2D eigenvalue weighted by atomic mass is 10.1. The summed E-state index contributed by atoms with van der Waals surface area (Å²) in [6.45, 7) is 0. The molecule has 0 aromatic carbocycles. The zero-order valence-corrected chi connectivity index (χ0v) is 9.74. The number of hydrogen-bond donors (Lipinski definition) is 2. The van der Waals surface area contributed by atoms with E-state index in [1.54, 1.807) is 0 Å². The minimum atomic E-state index is 0.446. The number of thioether (sulfide) groups is 1. The molecule has 0 aliphatic carbocycles. The van der Waals surface area contributed by atoms with Crippen LogP contribution in [0.15, 0.2) is 17.5 Å². The van der Waals surface area contributed by atoms with E-state index in [0.29, 0.717) is 11.3 Å².